The van der Waals surface area contributed by atoms with E-state index in [0.717, 1.165) is 9.13 Å². The first-order valence-corrected chi connectivity index (χ1v) is 8.03. The van der Waals surface area contributed by atoms with Crippen LogP contribution in [0.3, 0.4) is 0 Å². The summed E-state index contributed by atoms with van der Waals surface area (Å²) in [5.74, 6) is 0. The summed E-state index contributed by atoms with van der Waals surface area (Å²) in [7, 11) is -2.97. The second-order valence-corrected chi connectivity index (χ2v) is 6.41. The van der Waals surface area contributed by atoms with Gasteiger partial charge in [0.25, 0.3) is 0 Å². The minimum atomic E-state index is -2.97. The molecule has 0 aromatic heterocycles. The Labute approximate surface area is 110 Å². The number of hydrogen-bond donors (Lipinski definition) is 0. The molecule has 16 heavy (non-hydrogen) atoms. The predicted octanol–water partition coefficient (Wildman–Crippen LogP) is 4.06. The normalized spacial score (nSPS) is 11.7. The van der Waals surface area contributed by atoms with Gasteiger partial charge in [0.05, 0.1) is 19.4 Å². The van der Waals surface area contributed by atoms with Crippen LogP contribution in [0, 0.1) is 3.57 Å². The highest BCUT2D eigenvalue weighted by atomic mass is 127. The molecule has 0 amide bonds. The van der Waals surface area contributed by atoms with Gasteiger partial charge in [-0.2, -0.15) is 0 Å². The van der Waals surface area contributed by atoms with Crippen molar-refractivity contribution >= 4 is 30.2 Å². The van der Waals surface area contributed by atoms with Crippen LogP contribution in [0.25, 0.3) is 0 Å². The van der Waals surface area contributed by atoms with Crippen molar-refractivity contribution in [2.75, 3.05) is 13.2 Å². The molecule has 0 aliphatic carbocycles. The average Bonchev–Trinajstić information content (AvgIpc) is 2.22. The number of halogens is 1. The maximum absolute atomic E-state index is 12.3. The zero-order valence-electron chi connectivity index (χ0n) is 9.48. The fourth-order valence-electron chi connectivity index (χ4n) is 1.36. The molecule has 0 heterocycles. The van der Waals surface area contributed by atoms with Crippen molar-refractivity contribution in [3.05, 3.63) is 33.4 Å². The van der Waals surface area contributed by atoms with E-state index < -0.39 is 7.60 Å². The second kappa shape index (κ2) is 6.74. The highest BCUT2D eigenvalue weighted by molar-refractivity contribution is 14.1. The van der Waals surface area contributed by atoms with Gasteiger partial charge in [-0.1, -0.05) is 18.2 Å². The summed E-state index contributed by atoms with van der Waals surface area (Å²) in [6.07, 6.45) is 0.341. The molecule has 0 radical (unpaired) electrons. The van der Waals surface area contributed by atoms with Gasteiger partial charge < -0.3 is 9.05 Å². The monoisotopic (exact) mass is 354 g/mol. The molecular formula is C11H16IO3P. The molecule has 0 unspecified atom stereocenters. The zero-order chi connectivity index (χ0) is 12.0. The van der Waals surface area contributed by atoms with E-state index in [9.17, 15) is 4.57 Å². The number of benzene rings is 1. The van der Waals surface area contributed by atoms with Crippen LogP contribution in [0.1, 0.15) is 19.4 Å². The lowest BCUT2D eigenvalue weighted by molar-refractivity contribution is 0.219. The minimum absolute atomic E-state index is 0.341. The first-order valence-electron chi connectivity index (χ1n) is 5.23. The molecule has 0 spiro atoms. The Morgan fingerprint density at radius 1 is 1.19 bits per heavy atom. The van der Waals surface area contributed by atoms with Gasteiger partial charge in [0.1, 0.15) is 0 Å². The van der Waals surface area contributed by atoms with E-state index in [0.29, 0.717) is 19.4 Å². The molecule has 0 aliphatic rings. The van der Waals surface area contributed by atoms with E-state index in [1.807, 2.05) is 38.1 Å². The molecule has 5 heteroatoms. The van der Waals surface area contributed by atoms with E-state index in [2.05, 4.69) is 22.6 Å². The van der Waals surface area contributed by atoms with E-state index in [-0.39, 0.29) is 0 Å². The van der Waals surface area contributed by atoms with Crippen molar-refractivity contribution < 1.29 is 13.6 Å². The van der Waals surface area contributed by atoms with Crippen LogP contribution in [0.5, 0.6) is 0 Å². The first-order chi connectivity index (χ1) is 7.61. The van der Waals surface area contributed by atoms with Crippen LogP contribution >= 0.6 is 30.2 Å². The van der Waals surface area contributed by atoms with Crippen molar-refractivity contribution in [2.24, 2.45) is 0 Å². The van der Waals surface area contributed by atoms with Crippen LogP contribution in [-0.2, 0) is 19.8 Å². The zero-order valence-corrected chi connectivity index (χ0v) is 12.5. The van der Waals surface area contributed by atoms with Gasteiger partial charge in [-0.15, -0.1) is 0 Å². The van der Waals surface area contributed by atoms with E-state index in [1.54, 1.807) is 0 Å². The molecule has 0 N–H and O–H groups in total. The number of hydrogen-bond acceptors (Lipinski definition) is 3. The summed E-state index contributed by atoms with van der Waals surface area (Å²) in [6.45, 7) is 4.45. The van der Waals surface area contributed by atoms with Gasteiger partial charge in [0.2, 0.25) is 0 Å². The predicted molar refractivity (Wildman–Crippen MR) is 73.7 cm³/mol. The third-order valence-corrected chi connectivity index (χ3v) is 5.06. The lowest BCUT2D eigenvalue weighted by Gasteiger charge is -2.17. The van der Waals surface area contributed by atoms with Crippen LogP contribution in [-0.4, -0.2) is 13.2 Å². The number of rotatable bonds is 6. The summed E-state index contributed by atoms with van der Waals surface area (Å²) in [5, 5.41) is 0. The van der Waals surface area contributed by atoms with Gasteiger partial charge in [-0.3, -0.25) is 4.57 Å². The van der Waals surface area contributed by atoms with Crippen LogP contribution in [0.4, 0.5) is 0 Å². The van der Waals surface area contributed by atoms with E-state index >= 15 is 0 Å². The van der Waals surface area contributed by atoms with Crippen molar-refractivity contribution in [2.45, 2.75) is 20.0 Å². The molecule has 0 fully saturated rings. The highest BCUT2D eigenvalue weighted by Crippen LogP contribution is 2.51. The molecule has 0 bridgehead atoms. The Hall–Kier alpha value is 0.1000. The summed E-state index contributed by atoms with van der Waals surface area (Å²) in [5.41, 5.74) is 1.01. The Morgan fingerprint density at radius 2 is 1.75 bits per heavy atom. The third kappa shape index (κ3) is 4.17. The maximum atomic E-state index is 12.3. The molecule has 1 aromatic carbocycles. The van der Waals surface area contributed by atoms with Crippen molar-refractivity contribution in [1.82, 2.24) is 0 Å². The summed E-state index contributed by atoms with van der Waals surface area (Å²) >= 11 is 2.22. The SMILES string of the molecule is CCOP(=O)(Cc1ccccc1I)OCC. The van der Waals surface area contributed by atoms with Crippen LogP contribution in [0.15, 0.2) is 24.3 Å². The van der Waals surface area contributed by atoms with Crippen LogP contribution in [0.2, 0.25) is 0 Å². The molecule has 0 atom stereocenters. The van der Waals surface area contributed by atoms with Crippen molar-refractivity contribution in [1.29, 1.82) is 0 Å². The van der Waals surface area contributed by atoms with Crippen molar-refractivity contribution in [3.8, 4) is 0 Å². The highest BCUT2D eigenvalue weighted by Gasteiger charge is 2.24. The molecule has 1 aromatic rings. The summed E-state index contributed by atoms with van der Waals surface area (Å²) in [6, 6.07) is 7.82. The molecule has 1 rings (SSSR count). The van der Waals surface area contributed by atoms with Gasteiger partial charge in [0, 0.05) is 3.57 Å². The summed E-state index contributed by atoms with van der Waals surface area (Å²) < 4.78 is 23.9. The van der Waals surface area contributed by atoms with Gasteiger partial charge >= 0.3 is 7.60 Å². The average molecular weight is 354 g/mol. The maximum Gasteiger partial charge on any atom is 0.335 e. The largest absolute Gasteiger partial charge is 0.335 e. The quantitative estimate of drug-likeness (QED) is 0.571. The third-order valence-electron chi connectivity index (χ3n) is 1.97. The fourth-order valence-corrected chi connectivity index (χ4v) is 3.97. The van der Waals surface area contributed by atoms with Gasteiger partial charge in [0.15, 0.2) is 0 Å². The first kappa shape index (κ1) is 14.2. The lowest BCUT2D eigenvalue weighted by Crippen LogP contribution is -2.00. The molecule has 90 valence electrons. The Morgan fingerprint density at radius 3 is 2.25 bits per heavy atom. The molecular weight excluding hydrogens is 338 g/mol. The Kier molecular flexibility index (Phi) is 5.97. The molecule has 0 saturated heterocycles. The smallest absolute Gasteiger partial charge is 0.309 e. The Bertz CT molecular complexity index is 371. The van der Waals surface area contributed by atoms with E-state index in [4.69, 9.17) is 9.05 Å². The Balaban J connectivity index is 2.83. The van der Waals surface area contributed by atoms with Gasteiger partial charge in [-0.25, -0.2) is 0 Å². The van der Waals surface area contributed by atoms with Gasteiger partial charge in [-0.05, 0) is 48.1 Å². The standard InChI is InChI=1S/C11H16IO3P/c1-3-14-16(13,15-4-2)9-10-7-5-6-8-11(10)12/h5-8H,3-4,9H2,1-2H3. The summed E-state index contributed by atoms with van der Waals surface area (Å²) in [4.78, 5) is 0. The molecule has 0 saturated carbocycles. The van der Waals surface area contributed by atoms with Crippen LogP contribution < -0.4 is 0 Å². The van der Waals surface area contributed by atoms with Crippen molar-refractivity contribution in [3.63, 3.8) is 0 Å². The lowest BCUT2D eigenvalue weighted by atomic mass is 10.2. The molecule has 3 nitrogen and oxygen atoms in total. The van der Waals surface area contributed by atoms with E-state index in [1.165, 1.54) is 0 Å². The minimum Gasteiger partial charge on any atom is -0.309 e. The fraction of sp³-hybridized carbons (Fsp3) is 0.455. The molecule has 0 aliphatic heterocycles. The second-order valence-electron chi connectivity index (χ2n) is 3.20. The topological polar surface area (TPSA) is 35.5 Å².